The van der Waals surface area contributed by atoms with Crippen LogP contribution in [0.15, 0.2) is 24.3 Å². The van der Waals surface area contributed by atoms with Crippen molar-refractivity contribution in [2.75, 3.05) is 13.1 Å². The van der Waals surface area contributed by atoms with E-state index in [1.54, 1.807) is 6.92 Å². The summed E-state index contributed by atoms with van der Waals surface area (Å²) in [7, 11) is 0. The van der Waals surface area contributed by atoms with E-state index in [-0.39, 0.29) is 24.1 Å². The summed E-state index contributed by atoms with van der Waals surface area (Å²) < 4.78 is 0. The number of carbonyl (C=O) groups excluding carboxylic acids is 3. The Morgan fingerprint density at radius 2 is 2.00 bits per heavy atom. The minimum atomic E-state index is -0.730. The Morgan fingerprint density at radius 3 is 2.60 bits per heavy atom. The highest BCUT2D eigenvalue weighted by molar-refractivity contribution is 6.05. The lowest BCUT2D eigenvalue weighted by atomic mass is 9.83. The van der Waals surface area contributed by atoms with Crippen LogP contribution in [0.1, 0.15) is 56.1 Å². The molecule has 0 spiro atoms. The molecule has 2 fully saturated rings. The quantitative estimate of drug-likeness (QED) is 0.855. The molecule has 1 N–H and O–H groups in total. The highest BCUT2D eigenvalue weighted by Gasteiger charge is 2.42. The summed E-state index contributed by atoms with van der Waals surface area (Å²) in [6.45, 7) is 5.40. The molecule has 1 atom stereocenters. The van der Waals surface area contributed by atoms with Crippen molar-refractivity contribution in [1.29, 1.82) is 0 Å². The summed E-state index contributed by atoms with van der Waals surface area (Å²) >= 11 is 0. The number of hydrogen-bond donors (Lipinski definition) is 1. The van der Waals surface area contributed by atoms with Gasteiger partial charge < -0.3 is 4.90 Å². The van der Waals surface area contributed by atoms with Crippen molar-refractivity contribution in [2.45, 2.75) is 51.9 Å². The molecule has 0 aliphatic carbocycles. The van der Waals surface area contributed by atoms with E-state index in [1.165, 1.54) is 11.1 Å². The molecule has 2 aliphatic heterocycles. The lowest BCUT2D eigenvalue weighted by molar-refractivity contribution is -0.133. The van der Waals surface area contributed by atoms with Crippen LogP contribution in [-0.2, 0) is 14.4 Å². The summed E-state index contributed by atoms with van der Waals surface area (Å²) in [6.07, 6.45) is 2.90. The van der Waals surface area contributed by atoms with Crippen LogP contribution in [0, 0.1) is 12.3 Å². The third kappa shape index (κ3) is 3.91. The molecule has 2 aliphatic rings. The van der Waals surface area contributed by atoms with Gasteiger partial charge in [-0.05, 0) is 37.7 Å². The minimum absolute atomic E-state index is 0.0936. The smallest absolute Gasteiger partial charge is 0.233 e. The average Bonchev–Trinajstić information content (AvgIpc) is 2.85. The van der Waals surface area contributed by atoms with Crippen LogP contribution < -0.4 is 5.32 Å². The molecular formula is C20H26N2O3. The molecule has 25 heavy (non-hydrogen) atoms. The number of nitrogens with zero attached hydrogens (tertiary/aromatic N) is 1. The van der Waals surface area contributed by atoms with Crippen molar-refractivity contribution in [2.24, 2.45) is 5.41 Å². The number of amides is 3. The molecule has 134 valence electrons. The second-order valence-electron chi connectivity index (χ2n) is 7.68. The molecule has 0 aromatic heterocycles. The highest BCUT2D eigenvalue weighted by atomic mass is 16.2. The van der Waals surface area contributed by atoms with Gasteiger partial charge >= 0.3 is 0 Å². The molecule has 0 saturated carbocycles. The number of piperidine rings is 1. The molecule has 3 amide bonds. The zero-order valence-electron chi connectivity index (χ0n) is 15.0. The molecule has 1 aromatic rings. The number of benzene rings is 1. The zero-order chi connectivity index (χ0) is 18.0. The molecule has 5 heteroatoms. The molecule has 3 rings (SSSR count). The van der Waals surface area contributed by atoms with E-state index < -0.39 is 5.41 Å². The Hall–Kier alpha value is -2.17. The Labute approximate surface area is 148 Å². The maximum Gasteiger partial charge on any atom is 0.233 e. The molecule has 2 saturated heterocycles. The molecular weight excluding hydrogens is 316 g/mol. The number of nitrogens with one attached hydrogen (secondary N) is 1. The van der Waals surface area contributed by atoms with Crippen molar-refractivity contribution in [1.82, 2.24) is 10.2 Å². The van der Waals surface area contributed by atoms with Gasteiger partial charge in [0.05, 0.1) is 5.41 Å². The Morgan fingerprint density at radius 1 is 1.28 bits per heavy atom. The van der Waals surface area contributed by atoms with Gasteiger partial charge in [0.15, 0.2) is 0 Å². The first-order valence-electron chi connectivity index (χ1n) is 9.06. The van der Waals surface area contributed by atoms with E-state index in [0.29, 0.717) is 18.8 Å². The lowest BCUT2D eigenvalue weighted by Gasteiger charge is -2.33. The first kappa shape index (κ1) is 17.6. The van der Waals surface area contributed by atoms with Crippen molar-refractivity contribution in [3.63, 3.8) is 0 Å². The SMILES string of the molecule is Cc1cccc(C2CCN(C(=O)CCC3(C)CC(=O)NC3=O)CC2)c1. The summed E-state index contributed by atoms with van der Waals surface area (Å²) in [5.74, 6) is 0.123. The van der Waals surface area contributed by atoms with Crippen molar-refractivity contribution < 1.29 is 14.4 Å². The summed E-state index contributed by atoms with van der Waals surface area (Å²) in [5, 5.41) is 2.34. The van der Waals surface area contributed by atoms with Crippen LogP contribution in [0.2, 0.25) is 0 Å². The summed E-state index contributed by atoms with van der Waals surface area (Å²) in [5.41, 5.74) is 1.90. The largest absolute Gasteiger partial charge is 0.343 e. The van der Waals surface area contributed by atoms with Gasteiger partial charge in [-0.2, -0.15) is 0 Å². The Kier molecular flexibility index (Phi) is 4.93. The molecule has 1 unspecified atom stereocenters. The lowest BCUT2D eigenvalue weighted by Crippen LogP contribution is -2.39. The van der Waals surface area contributed by atoms with Crippen molar-refractivity contribution in [3.8, 4) is 0 Å². The monoisotopic (exact) mass is 342 g/mol. The van der Waals surface area contributed by atoms with Crippen LogP contribution in [-0.4, -0.2) is 35.7 Å². The Bertz CT molecular complexity index is 692. The van der Waals surface area contributed by atoms with Gasteiger partial charge in [-0.15, -0.1) is 0 Å². The van der Waals surface area contributed by atoms with Gasteiger partial charge in [0.1, 0.15) is 0 Å². The summed E-state index contributed by atoms with van der Waals surface area (Å²) in [6, 6.07) is 8.61. The topological polar surface area (TPSA) is 66.5 Å². The van der Waals surface area contributed by atoms with Gasteiger partial charge in [-0.3, -0.25) is 19.7 Å². The van der Waals surface area contributed by atoms with E-state index in [0.717, 1.165) is 25.9 Å². The Balaban J connectivity index is 1.50. The number of rotatable bonds is 4. The third-order valence-corrected chi connectivity index (χ3v) is 5.60. The fourth-order valence-corrected chi connectivity index (χ4v) is 3.89. The van der Waals surface area contributed by atoms with Crippen LogP contribution in [0.5, 0.6) is 0 Å². The predicted molar refractivity (Wildman–Crippen MR) is 94.8 cm³/mol. The van der Waals surface area contributed by atoms with Gasteiger partial charge in [-0.25, -0.2) is 0 Å². The number of aryl methyl sites for hydroxylation is 1. The van der Waals surface area contributed by atoms with Gasteiger partial charge in [0.2, 0.25) is 17.7 Å². The maximum absolute atomic E-state index is 12.5. The minimum Gasteiger partial charge on any atom is -0.343 e. The van der Waals surface area contributed by atoms with Crippen LogP contribution in [0.4, 0.5) is 0 Å². The zero-order valence-corrected chi connectivity index (χ0v) is 15.0. The van der Waals surface area contributed by atoms with E-state index in [2.05, 4.69) is 36.5 Å². The molecule has 5 nitrogen and oxygen atoms in total. The molecule has 0 bridgehead atoms. The number of carbonyl (C=O) groups is 3. The van der Waals surface area contributed by atoms with Crippen molar-refractivity contribution in [3.05, 3.63) is 35.4 Å². The van der Waals surface area contributed by atoms with Crippen molar-refractivity contribution >= 4 is 17.7 Å². The summed E-state index contributed by atoms with van der Waals surface area (Å²) in [4.78, 5) is 37.6. The number of likely N-dealkylation sites (tertiary alicyclic amines) is 1. The van der Waals surface area contributed by atoms with E-state index >= 15 is 0 Å². The van der Waals surface area contributed by atoms with E-state index in [1.807, 2.05) is 4.90 Å². The normalized spacial score (nSPS) is 24.5. The standard InChI is InChI=1S/C20H26N2O3/c1-14-4-3-5-16(12-14)15-7-10-22(11-8-15)18(24)6-9-20(2)13-17(23)21-19(20)25/h3-5,12,15H,6-11,13H2,1-2H3,(H,21,23,25). The highest BCUT2D eigenvalue weighted by Crippen LogP contribution is 2.33. The van der Waals surface area contributed by atoms with Gasteiger partial charge in [-0.1, -0.05) is 36.8 Å². The second-order valence-corrected chi connectivity index (χ2v) is 7.68. The maximum atomic E-state index is 12.5. The van der Waals surface area contributed by atoms with E-state index in [4.69, 9.17) is 0 Å². The second kappa shape index (κ2) is 6.98. The first-order valence-corrected chi connectivity index (χ1v) is 9.06. The van der Waals surface area contributed by atoms with Crippen LogP contribution in [0.25, 0.3) is 0 Å². The predicted octanol–water partition coefficient (Wildman–Crippen LogP) is 2.53. The third-order valence-electron chi connectivity index (χ3n) is 5.60. The van der Waals surface area contributed by atoms with E-state index in [9.17, 15) is 14.4 Å². The van der Waals surface area contributed by atoms with Crippen LogP contribution >= 0.6 is 0 Å². The van der Waals surface area contributed by atoms with Crippen LogP contribution in [0.3, 0.4) is 0 Å². The number of hydrogen-bond acceptors (Lipinski definition) is 3. The fraction of sp³-hybridized carbons (Fsp3) is 0.550. The average molecular weight is 342 g/mol. The fourth-order valence-electron chi connectivity index (χ4n) is 3.89. The first-order chi connectivity index (χ1) is 11.9. The van der Waals surface area contributed by atoms with Gasteiger partial charge in [0.25, 0.3) is 0 Å². The molecule has 0 radical (unpaired) electrons. The molecule has 1 aromatic carbocycles. The number of imide groups is 1. The van der Waals surface area contributed by atoms with Gasteiger partial charge in [0, 0.05) is 25.9 Å². The molecule has 2 heterocycles.